The lowest BCUT2D eigenvalue weighted by Crippen LogP contribution is -2.61. The first kappa shape index (κ1) is 38.8. The summed E-state index contributed by atoms with van der Waals surface area (Å²) in [7, 11) is 0. The summed E-state index contributed by atoms with van der Waals surface area (Å²) in [6.07, 6.45) is 8.30. The van der Waals surface area contributed by atoms with Gasteiger partial charge < -0.3 is 30.7 Å². The van der Waals surface area contributed by atoms with Crippen molar-refractivity contribution in [3.05, 3.63) is 29.0 Å². The lowest BCUT2D eigenvalue weighted by atomic mass is 9.83. The van der Waals surface area contributed by atoms with E-state index in [0.29, 0.717) is 26.1 Å². The molecule has 0 aromatic carbocycles. The van der Waals surface area contributed by atoms with E-state index in [2.05, 4.69) is 41.7 Å². The molecule has 286 valence electrons. The Labute approximate surface area is 315 Å². The van der Waals surface area contributed by atoms with Crippen LogP contribution in [-0.4, -0.2) is 87.1 Å². The minimum Gasteiger partial charge on any atom is -0.593 e. The van der Waals surface area contributed by atoms with Crippen molar-refractivity contribution in [2.45, 2.75) is 122 Å². The monoisotopic (exact) mass is 756 g/mol. The molecule has 1 saturated heterocycles. The SMILES string of the molecule is C=CCNC(=O)C(=O)C(CC1CC1)NC(=O)[C@@H]1[C@@H]2[C@H](CN1C(=O)[C@@H](NC(=O)N[C@H](CN1Cc3sccc3[S+]1[O-])C(C)(C)C)C1CCCCC1)C2(C)C. The third-order valence-electron chi connectivity index (χ3n) is 12.1. The molecule has 0 spiro atoms. The highest BCUT2D eigenvalue weighted by Gasteiger charge is 2.70. The molecule has 1 aromatic rings. The third kappa shape index (κ3) is 8.24. The first-order valence-corrected chi connectivity index (χ1v) is 20.9. The Morgan fingerprint density at radius 1 is 1.08 bits per heavy atom. The summed E-state index contributed by atoms with van der Waals surface area (Å²) in [5.74, 6) is -1.97. The maximum Gasteiger partial charge on any atom is 0.315 e. The van der Waals surface area contributed by atoms with Gasteiger partial charge in [0, 0.05) is 19.2 Å². The maximum absolute atomic E-state index is 14.7. The molecule has 5 amide bonds. The van der Waals surface area contributed by atoms with E-state index in [9.17, 15) is 28.5 Å². The molecule has 52 heavy (non-hydrogen) atoms. The number of ketones is 1. The van der Waals surface area contributed by atoms with Crippen LogP contribution in [0.5, 0.6) is 0 Å². The van der Waals surface area contributed by atoms with Crippen LogP contribution in [0, 0.1) is 34.5 Å². The number of carbonyl (C=O) groups excluding carboxylic acids is 5. The second-order valence-corrected chi connectivity index (χ2v) is 19.6. The number of carbonyl (C=O) groups is 5. The normalized spacial score (nSPS) is 27.1. The van der Waals surface area contributed by atoms with Crippen molar-refractivity contribution in [2.24, 2.45) is 34.5 Å². The van der Waals surface area contributed by atoms with Crippen LogP contribution < -0.4 is 21.3 Å². The summed E-state index contributed by atoms with van der Waals surface area (Å²) in [5.41, 5.74) is -0.538. The van der Waals surface area contributed by atoms with Crippen LogP contribution in [0.3, 0.4) is 0 Å². The molecule has 4 N–H and O–H groups in total. The van der Waals surface area contributed by atoms with Gasteiger partial charge in [-0.2, -0.15) is 0 Å². The molecular weight excluding hydrogens is 701 g/mol. The molecule has 0 bridgehead atoms. The molecule has 3 saturated carbocycles. The van der Waals surface area contributed by atoms with Crippen LogP contribution in [0.1, 0.15) is 90.9 Å². The fourth-order valence-electron chi connectivity index (χ4n) is 8.60. The largest absolute Gasteiger partial charge is 0.593 e. The summed E-state index contributed by atoms with van der Waals surface area (Å²) in [6.45, 7) is 15.4. The van der Waals surface area contributed by atoms with Gasteiger partial charge in [0.15, 0.2) is 4.90 Å². The number of nitrogens with one attached hydrogen (secondary N) is 4. The molecule has 2 unspecified atom stereocenters. The van der Waals surface area contributed by atoms with E-state index in [1.165, 1.54) is 6.08 Å². The average Bonchev–Trinajstić information content (AvgIpc) is 3.77. The van der Waals surface area contributed by atoms with Crippen molar-refractivity contribution in [1.82, 2.24) is 30.5 Å². The maximum atomic E-state index is 14.7. The molecule has 1 aromatic heterocycles. The number of Topliss-reactive ketones (excluding diaryl/α,β-unsaturated/α-hetero) is 1. The topological polar surface area (TPSA) is 163 Å². The second-order valence-electron chi connectivity index (χ2n) is 17.2. The van der Waals surface area contributed by atoms with Crippen LogP contribution in [0.25, 0.3) is 0 Å². The van der Waals surface area contributed by atoms with Gasteiger partial charge in [-0.05, 0) is 59.1 Å². The molecule has 6 rings (SSSR count). The van der Waals surface area contributed by atoms with E-state index in [1.807, 2.05) is 36.5 Å². The van der Waals surface area contributed by atoms with Crippen LogP contribution in [0.4, 0.5) is 4.79 Å². The Balaban J connectivity index is 1.18. The lowest BCUT2D eigenvalue weighted by Gasteiger charge is -2.38. The minimum absolute atomic E-state index is 0.0893. The molecule has 4 fully saturated rings. The van der Waals surface area contributed by atoms with Crippen molar-refractivity contribution < 1.29 is 28.5 Å². The summed E-state index contributed by atoms with van der Waals surface area (Å²) in [5, 5.41) is 13.6. The number of likely N-dealkylation sites (tertiary alicyclic amines) is 1. The third-order valence-corrected chi connectivity index (χ3v) is 14.7. The Kier molecular flexibility index (Phi) is 11.5. The predicted molar refractivity (Wildman–Crippen MR) is 200 cm³/mol. The summed E-state index contributed by atoms with van der Waals surface area (Å²) < 4.78 is 15.1. The summed E-state index contributed by atoms with van der Waals surface area (Å²) in [6, 6.07) is -1.57. The van der Waals surface area contributed by atoms with E-state index in [4.69, 9.17) is 0 Å². The molecule has 7 atom stereocenters. The van der Waals surface area contributed by atoms with Crippen molar-refractivity contribution in [2.75, 3.05) is 19.6 Å². The molecule has 14 heteroatoms. The van der Waals surface area contributed by atoms with Gasteiger partial charge >= 0.3 is 6.03 Å². The standard InChI is InChI=1S/C38H56N6O6S2/c1-7-16-39-34(47)32(45)25(18-22-13-14-22)40-33(46)31-29-24(38(29,5)6)19-44(31)35(48)30(23-11-9-8-10-12-23)42-36(49)41-28(37(2,3)4)21-43-20-26-27(52(43)50)15-17-51-26/h7,15,17,22-25,28-31H,1,8-14,16,18-21H2,2-6H3,(H,39,47)(H,40,46)(H2,41,42,49)/t24-,25?,28+,29-,30-,31-,52?/m0/s1. The molecular formula is C38H56N6O6S2. The van der Waals surface area contributed by atoms with Gasteiger partial charge in [0.2, 0.25) is 17.6 Å². The van der Waals surface area contributed by atoms with Gasteiger partial charge in [0.25, 0.3) is 5.91 Å². The van der Waals surface area contributed by atoms with E-state index in [0.717, 1.165) is 54.7 Å². The molecule has 3 aliphatic carbocycles. The number of urea groups is 1. The molecule has 5 aliphatic rings. The second kappa shape index (κ2) is 15.4. The number of amides is 5. The Morgan fingerprint density at radius 3 is 2.42 bits per heavy atom. The smallest absolute Gasteiger partial charge is 0.315 e. The summed E-state index contributed by atoms with van der Waals surface area (Å²) in [4.78, 5) is 72.3. The number of fused-ring (bicyclic) bond motifs is 2. The van der Waals surface area contributed by atoms with Gasteiger partial charge in [-0.25, -0.2) is 4.79 Å². The fraction of sp³-hybridized carbons (Fsp3) is 0.711. The lowest BCUT2D eigenvalue weighted by molar-refractivity contribution is -0.144. The van der Waals surface area contributed by atoms with Crippen molar-refractivity contribution in [1.29, 1.82) is 0 Å². The van der Waals surface area contributed by atoms with Gasteiger partial charge in [-0.1, -0.05) is 72.8 Å². The van der Waals surface area contributed by atoms with Gasteiger partial charge in [0.05, 0.1) is 41.4 Å². The summed E-state index contributed by atoms with van der Waals surface area (Å²) >= 11 is 0.285. The van der Waals surface area contributed by atoms with Crippen molar-refractivity contribution in [3.63, 3.8) is 0 Å². The zero-order valence-electron chi connectivity index (χ0n) is 31.2. The van der Waals surface area contributed by atoms with Crippen LogP contribution in [0.15, 0.2) is 29.0 Å². The van der Waals surface area contributed by atoms with Crippen molar-refractivity contribution in [3.8, 4) is 0 Å². The molecule has 3 heterocycles. The Morgan fingerprint density at radius 2 is 1.79 bits per heavy atom. The number of thiophene rings is 1. The number of hydrogen-bond donors (Lipinski definition) is 4. The highest BCUT2D eigenvalue weighted by Crippen LogP contribution is 2.65. The Hall–Kier alpha value is -2.94. The fourth-order valence-corrected chi connectivity index (χ4v) is 11.2. The first-order chi connectivity index (χ1) is 24.6. The van der Waals surface area contributed by atoms with E-state index in [-0.39, 0.29) is 53.0 Å². The van der Waals surface area contributed by atoms with Gasteiger partial charge in [-0.15, -0.1) is 22.2 Å². The quantitative estimate of drug-likeness (QED) is 0.127. The van der Waals surface area contributed by atoms with E-state index in [1.54, 1.807) is 16.2 Å². The zero-order valence-corrected chi connectivity index (χ0v) is 32.8. The van der Waals surface area contributed by atoms with Gasteiger partial charge in [-0.3, -0.25) is 19.2 Å². The molecule has 2 aliphatic heterocycles. The number of nitrogens with zero attached hydrogens (tertiary/aromatic N) is 2. The predicted octanol–water partition coefficient (Wildman–Crippen LogP) is 3.89. The van der Waals surface area contributed by atoms with Crippen LogP contribution in [0.2, 0.25) is 0 Å². The van der Waals surface area contributed by atoms with Crippen molar-refractivity contribution >= 4 is 52.2 Å². The first-order valence-electron chi connectivity index (χ1n) is 19.0. The minimum atomic E-state index is -1.30. The number of hydrogen-bond acceptors (Lipinski definition) is 8. The highest BCUT2D eigenvalue weighted by atomic mass is 32.2. The molecule has 0 radical (unpaired) electrons. The van der Waals surface area contributed by atoms with Crippen LogP contribution >= 0.6 is 11.3 Å². The highest BCUT2D eigenvalue weighted by molar-refractivity contribution is 7.89. The van der Waals surface area contributed by atoms with Gasteiger partial charge in [0.1, 0.15) is 12.1 Å². The Bertz CT molecular complexity index is 1550. The van der Waals surface area contributed by atoms with Crippen LogP contribution in [-0.2, 0) is 37.1 Å². The average molecular weight is 757 g/mol. The number of piperidine rings is 1. The van der Waals surface area contributed by atoms with E-state index < -0.39 is 53.1 Å². The molecule has 12 nitrogen and oxygen atoms in total. The zero-order chi connectivity index (χ0) is 37.5. The van der Waals surface area contributed by atoms with E-state index >= 15 is 0 Å². The number of rotatable bonds is 14.